The molecule has 0 rings (SSSR count). The van der Waals surface area contributed by atoms with E-state index in [9.17, 15) is 13.2 Å². The van der Waals surface area contributed by atoms with Gasteiger partial charge in [0, 0.05) is 12.0 Å². The molecular formula is C11H22F3N3. The van der Waals surface area contributed by atoms with Crippen molar-refractivity contribution in [1.82, 2.24) is 4.90 Å². The Labute approximate surface area is 101 Å². The van der Waals surface area contributed by atoms with Crippen LogP contribution >= 0.6 is 0 Å². The van der Waals surface area contributed by atoms with Crippen LogP contribution in [-0.2, 0) is 0 Å². The summed E-state index contributed by atoms with van der Waals surface area (Å²) in [4.78, 5) is 1.66. The SMILES string of the molecule is CN(CCCC(C)(C)C(=N)N)CCC(F)(F)F. The first kappa shape index (κ1) is 16.2. The van der Waals surface area contributed by atoms with Gasteiger partial charge in [-0.3, -0.25) is 5.41 Å². The Morgan fingerprint density at radius 1 is 1.18 bits per heavy atom. The van der Waals surface area contributed by atoms with Gasteiger partial charge in [0.05, 0.1) is 12.3 Å². The van der Waals surface area contributed by atoms with E-state index in [2.05, 4.69) is 0 Å². The third kappa shape index (κ3) is 8.01. The molecule has 3 nitrogen and oxygen atoms in total. The zero-order valence-corrected chi connectivity index (χ0v) is 10.7. The molecule has 0 saturated carbocycles. The predicted molar refractivity (Wildman–Crippen MR) is 63.1 cm³/mol. The first-order chi connectivity index (χ1) is 7.54. The van der Waals surface area contributed by atoms with Gasteiger partial charge in [0.1, 0.15) is 0 Å². The molecule has 0 unspecified atom stereocenters. The Bertz CT molecular complexity index is 249. The smallest absolute Gasteiger partial charge is 0.387 e. The molecule has 0 spiro atoms. The molecule has 0 fully saturated rings. The van der Waals surface area contributed by atoms with Gasteiger partial charge in [0.15, 0.2) is 0 Å². The molecule has 102 valence electrons. The van der Waals surface area contributed by atoms with Crippen LogP contribution in [0.2, 0.25) is 0 Å². The van der Waals surface area contributed by atoms with Gasteiger partial charge in [-0.25, -0.2) is 0 Å². The number of nitrogens with one attached hydrogen (secondary N) is 1. The van der Waals surface area contributed by atoms with E-state index in [1.807, 2.05) is 13.8 Å². The topological polar surface area (TPSA) is 53.1 Å². The van der Waals surface area contributed by atoms with Crippen molar-refractivity contribution in [2.24, 2.45) is 11.1 Å². The number of nitrogens with zero attached hydrogens (tertiary/aromatic N) is 1. The largest absolute Gasteiger partial charge is 0.390 e. The Kier molecular flexibility index (Phi) is 5.95. The van der Waals surface area contributed by atoms with Crippen LogP contribution in [0.5, 0.6) is 0 Å². The van der Waals surface area contributed by atoms with Crippen LogP contribution in [0.15, 0.2) is 0 Å². The number of hydrogen-bond donors (Lipinski definition) is 2. The lowest BCUT2D eigenvalue weighted by Gasteiger charge is -2.24. The van der Waals surface area contributed by atoms with Gasteiger partial charge in [-0.1, -0.05) is 13.8 Å². The van der Waals surface area contributed by atoms with Crippen LogP contribution in [0.25, 0.3) is 0 Å². The van der Waals surface area contributed by atoms with E-state index < -0.39 is 12.6 Å². The summed E-state index contributed by atoms with van der Waals surface area (Å²) in [5, 5.41) is 7.36. The quantitative estimate of drug-likeness (QED) is 0.541. The minimum Gasteiger partial charge on any atom is -0.387 e. The summed E-state index contributed by atoms with van der Waals surface area (Å²) in [6.07, 6.45) is -3.42. The van der Waals surface area contributed by atoms with Gasteiger partial charge in [-0.05, 0) is 26.4 Å². The molecule has 0 saturated heterocycles. The number of rotatable bonds is 7. The zero-order chi connectivity index (χ0) is 13.7. The van der Waals surface area contributed by atoms with Crippen LogP contribution in [-0.4, -0.2) is 37.0 Å². The standard InChI is InChI=1S/C11H22F3N3/c1-10(2,9(15)16)5-4-7-17(3)8-6-11(12,13)14/h4-8H2,1-3H3,(H3,15,16). The molecule has 0 aromatic carbocycles. The highest BCUT2D eigenvalue weighted by Crippen LogP contribution is 2.22. The number of alkyl halides is 3. The molecular weight excluding hydrogens is 231 g/mol. The first-order valence-corrected chi connectivity index (χ1v) is 5.64. The summed E-state index contributed by atoms with van der Waals surface area (Å²) in [6, 6.07) is 0. The summed E-state index contributed by atoms with van der Waals surface area (Å²) in [7, 11) is 1.67. The highest BCUT2D eigenvalue weighted by molar-refractivity contribution is 5.82. The Morgan fingerprint density at radius 2 is 1.71 bits per heavy atom. The number of amidine groups is 1. The number of halogens is 3. The average Bonchev–Trinajstić information content (AvgIpc) is 2.13. The van der Waals surface area contributed by atoms with E-state index >= 15 is 0 Å². The van der Waals surface area contributed by atoms with Crippen molar-refractivity contribution in [3.05, 3.63) is 0 Å². The maximum absolute atomic E-state index is 12.0. The molecule has 0 aliphatic heterocycles. The van der Waals surface area contributed by atoms with E-state index in [0.29, 0.717) is 13.0 Å². The lowest BCUT2D eigenvalue weighted by molar-refractivity contribution is -0.137. The summed E-state index contributed by atoms with van der Waals surface area (Å²) >= 11 is 0. The van der Waals surface area contributed by atoms with Crippen molar-refractivity contribution >= 4 is 5.84 Å². The molecule has 17 heavy (non-hydrogen) atoms. The number of hydrogen-bond acceptors (Lipinski definition) is 2. The van der Waals surface area contributed by atoms with E-state index in [1.165, 1.54) is 0 Å². The molecule has 0 aromatic rings. The fraction of sp³-hybridized carbons (Fsp3) is 0.909. The van der Waals surface area contributed by atoms with Crippen LogP contribution in [0.1, 0.15) is 33.1 Å². The Morgan fingerprint density at radius 3 is 2.12 bits per heavy atom. The van der Waals surface area contributed by atoms with Crippen LogP contribution in [0.3, 0.4) is 0 Å². The normalized spacial score (nSPS) is 13.1. The molecule has 0 aliphatic rings. The molecule has 0 aliphatic carbocycles. The zero-order valence-electron chi connectivity index (χ0n) is 10.7. The van der Waals surface area contributed by atoms with Gasteiger partial charge in [-0.15, -0.1) is 0 Å². The molecule has 0 amide bonds. The van der Waals surface area contributed by atoms with Gasteiger partial charge in [0.2, 0.25) is 0 Å². The fourth-order valence-corrected chi connectivity index (χ4v) is 1.36. The monoisotopic (exact) mass is 253 g/mol. The van der Waals surface area contributed by atoms with Crippen molar-refractivity contribution < 1.29 is 13.2 Å². The first-order valence-electron chi connectivity index (χ1n) is 5.64. The maximum Gasteiger partial charge on any atom is 0.390 e. The molecule has 0 aromatic heterocycles. The van der Waals surface area contributed by atoms with Crippen LogP contribution < -0.4 is 5.73 Å². The predicted octanol–water partition coefficient (Wildman–Crippen LogP) is 2.61. The maximum atomic E-state index is 12.0. The van der Waals surface area contributed by atoms with E-state index in [0.717, 1.165) is 6.42 Å². The molecule has 0 atom stereocenters. The van der Waals surface area contributed by atoms with Crippen molar-refractivity contribution in [2.75, 3.05) is 20.1 Å². The van der Waals surface area contributed by atoms with E-state index in [-0.39, 0.29) is 17.8 Å². The van der Waals surface area contributed by atoms with Crippen molar-refractivity contribution in [3.8, 4) is 0 Å². The number of nitrogens with two attached hydrogens (primary N) is 1. The van der Waals surface area contributed by atoms with Gasteiger partial charge in [-0.2, -0.15) is 13.2 Å². The second-order valence-corrected chi connectivity index (χ2v) is 5.07. The molecule has 6 heteroatoms. The van der Waals surface area contributed by atoms with Gasteiger partial charge >= 0.3 is 6.18 Å². The summed E-state index contributed by atoms with van der Waals surface area (Å²) in [5.41, 5.74) is 5.05. The van der Waals surface area contributed by atoms with Gasteiger partial charge in [0.25, 0.3) is 0 Å². The lowest BCUT2D eigenvalue weighted by atomic mass is 9.86. The summed E-state index contributed by atoms with van der Waals surface area (Å²) in [6.45, 7) is 4.34. The molecule has 3 N–H and O–H groups in total. The minimum absolute atomic E-state index is 0.0179. The van der Waals surface area contributed by atoms with Crippen molar-refractivity contribution in [1.29, 1.82) is 5.41 Å². The van der Waals surface area contributed by atoms with Crippen LogP contribution in [0, 0.1) is 10.8 Å². The summed E-state index contributed by atoms with van der Waals surface area (Å²) in [5.74, 6) is 0.121. The second kappa shape index (κ2) is 6.23. The third-order valence-electron chi connectivity index (χ3n) is 2.85. The van der Waals surface area contributed by atoms with Crippen LogP contribution in [0.4, 0.5) is 13.2 Å². The minimum atomic E-state index is -4.09. The Balaban J connectivity index is 3.79. The Hall–Kier alpha value is -0.780. The molecule has 0 bridgehead atoms. The van der Waals surface area contributed by atoms with Crippen molar-refractivity contribution in [3.63, 3.8) is 0 Å². The van der Waals surface area contributed by atoms with E-state index in [4.69, 9.17) is 11.1 Å². The van der Waals surface area contributed by atoms with Gasteiger partial charge < -0.3 is 10.6 Å². The lowest BCUT2D eigenvalue weighted by Crippen LogP contribution is -2.32. The highest BCUT2D eigenvalue weighted by Gasteiger charge is 2.27. The summed E-state index contributed by atoms with van der Waals surface area (Å²) < 4.78 is 35.9. The molecule has 0 radical (unpaired) electrons. The third-order valence-corrected chi connectivity index (χ3v) is 2.85. The molecule has 0 heterocycles. The van der Waals surface area contributed by atoms with E-state index in [1.54, 1.807) is 11.9 Å². The fourth-order valence-electron chi connectivity index (χ4n) is 1.36. The average molecular weight is 253 g/mol. The highest BCUT2D eigenvalue weighted by atomic mass is 19.4. The van der Waals surface area contributed by atoms with Crippen molar-refractivity contribution in [2.45, 2.75) is 39.3 Å². The second-order valence-electron chi connectivity index (χ2n) is 5.07.